The molecule has 0 aliphatic carbocycles. The fraction of sp³-hybridized carbons (Fsp3) is 0.0400. The van der Waals surface area contributed by atoms with E-state index in [9.17, 15) is 22.0 Å². The summed E-state index contributed by atoms with van der Waals surface area (Å²) in [5.41, 5.74) is 0.917. The van der Waals surface area contributed by atoms with Crippen LogP contribution < -0.4 is 0 Å². The van der Waals surface area contributed by atoms with Gasteiger partial charge in [-0.3, -0.25) is 0 Å². The van der Waals surface area contributed by atoms with Crippen molar-refractivity contribution in [1.29, 1.82) is 0 Å². The van der Waals surface area contributed by atoms with Crippen LogP contribution in [0.4, 0.5) is 8.78 Å². The molecule has 7 nitrogen and oxygen atoms in total. The minimum absolute atomic E-state index is 0.00620. The summed E-state index contributed by atoms with van der Waals surface area (Å²) in [5.74, 6) is -2.93. The molecule has 5 aromatic rings. The number of nitrogens with one attached hydrogen (secondary N) is 1. The van der Waals surface area contributed by atoms with E-state index < -0.39 is 27.6 Å². The van der Waals surface area contributed by atoms with Gasteiger partial charge in [-0.2, -0.15) is 0 Å². The number of H-pyrrole nitrogens is 1. The van der Waals surface area contributed by atoms with Gasteiger partial charge in [-0.05, 0) is 42.5 Å². The number of carbonyl (C=O) groups is 1. The summed E-state index contributed by atoms with van der Waals surface area (Å²) in [6, 6.07) is 16.2. The molecule has 3 heterocycles. The molecule has 0 bridgehead atoms. The normalized spacial score (nSPS) is 11.6. The number of methoxy groups -OCH3 is 1. The maximum Gasteiger partial charge on any atom is 0.340 e. The van der Waals surface area contributed by atoms with Crippen molar-refractivity contribution in [2.45, 2.75) is 4.90 Å². The van der Waals surface area contributed by atoms with Crippen LogP contribution in [-0.2, 0) is 14.8 Å². The zero-order chi connectivity index (χ0) is 24.7. The number of rotatable bonds is 5. The van der Waals surface area contributed by atoms with Crippen LogP contribution in [0.1, 0.15) is 10.4 Å². The minimum atomic E-state index is -3.92. The van der Waals surface area contributed by atoms with Crippen LogP contribution in [-0.4, -0.2) is 35.4 Å². The third kappa shape index (κ3) is 3.68. The van der Waals surface area contributed by atoms with Crippen molar-refractivity contribution in [2.24, 2.45) is 0 Å². The van der Waals surface area contributed by atoms with Crippen LogP contribution >= 0.6 is 0 Å². The molecule has 0 aliphatic rings. The molecule has 0 radical (unpaired) electrons. The summed E-state index contributed by atoms with van der Waals surface area (Å²) in [6.45, 7) is 0. The first kappa shape index (κ1) is 22.5. The Kier molecular flexibility index (Phi) is 5.45. The maximum atomic E-state index is 14.6. The lowest BCUT2D eigenvalue weighted by Gasteiger charge is -2.08. The van der Waals surface area contributed by atoms with E-state index in [0.29, 0.717) is 16.6 Å². The summed E-state index contributed by atoms with van der Waals surface area (Å²) < 4.78 is 60.7. The quantitative estimate of drug-likeness (QED) is 0.348. The molecule has 0 fully saturated rings. The van der Waals surface area contributed by atoms with Gasteiger partial charge < -0.3 is 9.72 Å². The van der Waals surface area contributed by atoms with E-state index in [1.54, 1.807) is 30.3 Å². The second-order valence-electron chi connectivity index (χ2n) is 7.59. The number of esters is 1. The van der Waals surface area contributed by atoms with E-state index in [2.05, 4.69) is 9.97 Å². The predicted octanol–water partition coefficient (Wildman–Crippen LogP) is 5.00. The number of nitrogens with zero attached hydrogens (tertiary/aromatic N) is 2. The summed E-state index contributed by atoms with van der Waals surface area (Å²) in [7, 11) is -2.74. The third-order valence-electron chi connectivity index (χ3n) is 5.59. The number of hydrogen-bond acceptors (Lipinski definition) is 5. The first-order chi connectivity index (χ1) is 16.8. The Bertz CT molecular complexity index is 1690. The molecule has 0 atom stereocenters. The fourth-order valence-corrected chi connectivity index (χ4v) is 5.25. The smallest absolute Gasteiger partial charge is 0.340 e. The van der Waals surface area contributed by atoms with Crippen molar-refractivity contribution in [1.82, 2.24) is 13.9 Å². The molecular weight excluding hydrogens is 476 g/mol. The van der Waals surface area contributed by atoms with E-state index >= 15 is 0 Å². The summed E-state index contributed by atoms with van der Waals surface area (Å²) in [6.07, 6.45) is 2.82. The van der Waals surface area contributed by atoms with E-state index in [1.165, 1.54) is 49.8 Å². The summed E-state index contributed by atoms with van der Waals surface area (Å²) in [4.78, 5) is 19.8. The number of halogens is 2. The average Bonchev–Trinajstić information content (AvgIpc) is 3.51. The lowest BCUT2D eigenvalue weighted by Crippen LogP contribution is -2.12. The number of benzene rings is 2. The Morgan fingerprint density at radius 1 is 1.00 bits per heavy atom. The van der Waals surface area contributed by atoms with Crippen LogP contribution in [0, 0.1) is 11.6 Å². The van der Waals surface area contributed by atoms with Crippen LogP contribution in [0.25, 0.3) is 33.5 Å². The van der Waals surface area contributed by atoms with Gasteiger partial charge in [-0.25, -0.2) is 30.9 Å². The maximum absolute atomic E-state index is 14.6. The number of hydrogen-bond donors (Lipinski definition) is 1. The minimum Gasteiger partial charge on any atom is -0.465 e. The number of carbonyl (C=O) groups excluding carboxylic acids is 1. The highest BCUT2D eigenvalue weighted by atomic mass is 32.2. The second-order valence-corrected chi connectivity index (χ2v) is 9.41. The molecular formula is C25H17F2N3O4S. The molecule has 1 N–H and O–H groups in total. The Morgan fingerprint density at radius 2 is 1.77 bits per heavy atom. The number of pyridine rings is 1. The van der Waals surface area contributed by atoms with E-state index in [4.69, 9.17) is 4.74 Å². The van der Waals surface area contributed by atoms with Crippen LogP contribution in [0.2, 0.25) is 0 Å². The number of aromatic nitrogens is 3. The van der Waals surface area contributed by atoms with Crippen molar-refractivity contribution in [3.8, 4) is 22.5 Å². The van der Waals surface area contributed by atoms with Gasteiger partial charge in [-0.1, -0.05) is 24.3 Å². The Morgan fingerprint density at radius 3 is 2.51 bits per heavy atom. The first-order valence-electron chi connectivity index (χ1n) is 10.4. The number of ether oxygens (including phenoxy) is 1. The molecule has 5 rings (SSSR count). The average molecular weight is 493 g/mol. The monoisotopic (exact) mass is 493 g/mol. The largest absolute Gasteiger partial charge is 0.465 e. The molecule has 0 amide bonds. The zero-order valence-corrected chi connectivity index (χ0v) is 19.0. The van der Waals surface area contributed by atoms with Gasteiger partial charge in [0.25, 0.3) is 10.0 Å². The van der Waals surface area contributed by atoms with Gasteiger partial charge >= 0.3 is 5.97 Å². The topological polar surface area (TPSA) is 94.0 Å². The van der Waals surface area contributed by atoms with E-state index in [1.807, 2.05) is 0 Å². The highest BCUT2D eigenvalue weighted by Gasteiger charge is 2.24. The predicted molar refractivity (Wildman–Crippen MR) is 125 cm³/mol. The molecule has 0 saturated heterocycles. The summed E-state index contributed by atoms with van der Waals surface area (Å²) >= 11 is 0. The molecule has 0 aliphatic heterocycles. The lowest BCUT2D eigenvalue weighted by molar-refractivity contribution is 0.0602. The molecule has 0 saturated carbocycles. The lowest BCUT2D eigenvalue weighted by atomic mass is 10.1. The molecule has 0 unspecified atom stereocenters. The van der Waals surface area contributed by atoms with Gasteiger partial charge in [0, 0.05) is 34.6 Å². The fourth-order valence-electron chi connectivity index (χ4n) is 3.93. The van der Waals surface area contributed by atoms with Crippen molar-refractivity contribution in [2.75, 3.05) is 7.11 Å². The molecule has 35 heavy (non-hydrogen) atoms. The highest BCUT2D eigenvalue weighted by molar-refractivity contribution is 7.90. The third-order valence-corrected chi connectivity index (χ3v) is 7.27. The second kappa shape index (κ2) is 8.48. The first-order valence-corrected chi connectivity index (χ1v) is 11.8. The Labute approximate surface area is 198 Å². The molecule has 10 heteroatoms. The van der Waals surface area contributed by atoms with Crippen molar-refractivity contribution >= 4 is 27.0 Å². The van der Waals surface area contributed by atoms with Crippen LogP contribution in [0.5, 0.6) is 0 Å². The highest BCUT2D eigenvalue weighted by Crippen LogP contribution is 2.35. The van der Waals surface area contributed by atoms with E-state index in [0.717, 1.165) is 10.0 Å². The summed E-state index contributed by atoms with van der Waals surface area (Å²) in [5, 5.41) is 0.468. The number of aromatic amines is 1. The van der Waals surface area contributed by atoms with Crippen molar-refractivity contribution in [3.63, 3.8) is 0 Å². The SMILES string of the molecule is COC(=O)c1cc(-c2ccnc3c2ccn3S(=O)(=O)c2ccccc2)[nH]c1-c1cccc(F)c1F. The Hall–Kier alpha value is -4.31. The van der Waals surface area contributed by atoms with Gasteiger partial charge in [0.15, 0.2) is 17.3 Å². The van der Waals surface area contributed by atoms with Crippen LogP contribution in [0.3, 0.4) is 0 Å². The van der Waals surface area contributed by atoms with Crippen LogP contribution in [0.15, 0.2) is 84.0 Å². The molecule has 2 aromatic carbocycles. The standard InChI is InChI=1S/C25H17F2N3O4S/c1-34-25(31)19-14-21(29-23(19)18-8-5-9-20(26)22(18)27)16-10-12-28-24-17(16)11-13-30(24)35(32,33)15-6-3-2-4-7-15/h2-14,29H,1H3. The van der Waals surface area contributed by atoms with Gasteiger partial charge in [0.05, 0.1) is 23.3 Å². The zero-order valence-electron chi connectivity index (χ0n) is 18.2. The van der Waals surface area contributed by atoms with Gasteiger partial charge in [-0.15, -0.1) is 0 Å². The number of fused-ring (bicyclic) bond motifs is 1. The van der Waals surface area contributed by atoms with Gasteiger partial charge in [0.1, 0.15) is 0 Å². The van der Waals surface area contributed by atoms with Gasteiger partial charge in [0.2, 0.25) is 0 Å². The molecule has 3 aromatic heterocycles. The molecule has 0 spiro atoms. The van der Waals surface area contributed by atoms with E-state index in [-0.39, 0.29) is 27.4 Å². The molecule has 176 valence electrons. The van der Waals surface area contributed by atoms with Crippen molar-refractivity contribution < 1.29 is 26.7 Å². The Balaban J connectivity index is 1.70. The van der Waals surface area contributed by atoms with Crippen molar-refractivity contribution in [3.05, 3.63) is 96.3 Å².